The van der Waals surface area contributed by atoms with Crippen molar-refractivity contribution in [2.75, 3.05) is 13.1 Å². The molecule has 0 aromatic carbocycles. The van der Waals surface area contributed by atoms with Crippen LogP contribution in [0.25, 0.3) is 5.57 Å². The maximum Gasteiger partial charge on any atom is 0.00204 e. The van der Waals surface area contributed by atoms with Gasteiger partial charge in [-0.2, -0.15) is 0 Å². The minimum atomic E-state index is 0.740. The van der Waals surface area contributed by atoms with Crippen LogP contribution in [0, 0.1) is 12.8 Å². The van der Waals surface area contributed by atoms with E-state index in [1.54, 1.807) is 0 Å². The third-order valence-corrected chi connectivity index (χ3v) is 3.37. The molecule has 0 atom stereocenters. The van der Waals surface area contributed by atoms with Gasteiger partial charge in [-0.05, 0) is 61.9 Å². The number of aryl methyl sites for hydroxylation is 1. The van der Waals surface area contributed by atoms with Crippen molar-refractivity contribution < 1.29 is 0 Å². The lowest BCUT2D eigenvalue weighted by Crippen LogP contribution is -2.20. The molecule has 0 radical (unpaired) electrons. The lowest BCUT2D eigenvalue weighted by Gasteiger charge is -2.05. The Hall–Kier alpha value is -0.600. The average molecular weight is 237 g/mol. The molecule has 0 amide bonds. The Kier molecular flexibility index (Phi) is 5.78. The Morgan fingerprint density at radius 2 is 2.25 bits per heavy atom. The molecule has 1 heterocycles. The minimum absolute atomic E-state index is 0.740. The Balaban J connectivity index is 2.29. The highest BCUT2D eigenvalue weighted by Gasteiger charge is 1.97. The van der Waals surface area contributed by atoms with Gasteiger partial charge in [-0.15, -0.1) is 11.3 Å². The van der Waals surface area contributed by atoms with Crippen LogP contribution in [0.2, 0.25) is 0 Å². The molecule has 1 nitrogen and oxygen atoms in total. The van der Waals surface area contributed by atoms with Crippen molar-refractivity contribution in [3.8, 4) is 0 Å². The summed E-state index contributed by atoms with van der Waals surface area (Å²) in [6, 6.07) is 2.26. The first kappa shape index (κ1) is 13.5. The van der Waals surface area contributed by atoms with Crippen molar-refractivity contribution in [3.05, 3.63) is 28.0 Å². The average Bonchev–Trinajstić information content (AvgIpc) is 2.63. The van der Waals surface area contributed by atoms with Gasteiger partial charge < -0.3 is 5.32 Å². The van der Waals surface area contributed by atoms with Crippen LogP contribution in [-0.2, 0) is 0 Å². The zero-order valence-electron chi connectivity index (χ0n) is 10.8. The zero-order chi connectivity index (χ0) is 12.0. The summed E-state index contributed by atoms with van der Waals surface area (Å²) in [5, 5.41) is 5.69. The molecule has 0 fully saturated rings. The Labute approximate surface area is 104 Å². The quantitative estimate of drug-likeness (QED) is 0.735. The van der Waals surface area contributed by atoms with Crippen molar-refractivity contribution in [2.45, 2.75) is 34.1 Å². The van der Waals surface area contributed by atoms with Crippen LogP contribution in [-0.4, -0.2) is 13.1 Å². The van der Waals surface area contributed by atoms with Crippen LogP contribution >= 0.6 is 11.3 Å². The van der Waals surface area contributed by atoms with E-state index in [1.165, 1.54) is 16.0 Å². The molecular weight excluding hydrogens is 214 g/mol. The molecule has 0 spiro atoms. The third-order valence-electron chi connectivity index (χ3n) is 2.51. The monoisotopic (exact) mass is 237 g/mol. The first-order valence-corrected chi connectivity index (χ1v) is 6.90. The summed E-state index contributed by atoms with van der Waals surface area (Å²) in [7, 11) is 0. The molecule has 1 N–H and O–H groups in total. The van der Waals surface area contributed by atoms with E-state index >= 15 is 0 Å². The molecule has 1 rings (SSSR count). The van der Waals surface area contributed by atoms with E-state index in [0.717, 1.165) is 25.4 Å². The number of allylic oxidation sites excluding steroid dienone is 1. The van der Waals surface area contributed by atoms with Crippen molar-refractivity contribution in [2.24, 2.45) is 5.92 Å². The van der Waals surface area contributed by atoms with E-state index in [4.69, 9.17) is 0 Å². The highest BCUT2D eigenvalue weighted by molar-refractivity contribution is 7.10. The molecule has 16 heavy (non-hydrogen) atoms. The second-order valence-electron chi connectivity index (χ2n) is 4.72. The fourth-order valence-corrected chi connectivity index (χ4v) is 2.31. The van der Waals surface area contributed by atoms with E-state index in [1.807, 2.05) is 11.3 Å². The van der Waals surface area contributed by atoms with Crippen molar-refractivity contribution in [3.63, 3.8) is 0 Å². The van der Waals surface area contributed by atoms with Crippen LogP contribution in [0.5, 0.6) is 0 Å². The molecular formula is C14H23NS. The molecule has 0 aliphatic heterocycles. The molecule has 1 aromatic heterocycles. The molecule has 1 aromatic rings. The number of nitrogens with one attached hydrogen (secondary N) is 1. The van der Waals surface area contributed by atoms with E-state index < -0.39 is 0 Å². The lowest BCUT2D eigenvalue weighted by atomic mass is 10.1. The summed E-state index contributed by atoms with van der Waals surface area (Å²) < 4.78 is 0. The predicted octanol–water partition coefficient (Wildman–Crippen LogP) is 4.10. The van der Waals surface area contributed by atoms with E-state index in [-0.39, 0.29) is 0 Å². The van der Waals surface area contributed by atoms with E-state index in [2.05, 4.69) is 50.5 Å². The molecule has 2 heteroatoms. The summed E-state index contributed by atoms with van der Waals surface area (Å²) in [6.07, 6.45) is 3.45. The first-order chi connectivity index (χ1) is 7.59. The molecule has 0 bridgehead atoms. The number of rotatable bonds is 6. The SMILES string of the molecule is CC(=CCCNCC(C)C)c1csc(C)c1. The second-order valence-corrected chi connectivity index (χ2v) is 5.84. The van der Waals surface area contributed by atoms with Gasteiger partial charge >= 0.3 is 0 Å². The molecule has 0 aliphatic carbocycles. The van der Waals surface area contributed by atoms with Gasteiger partial charge in [0.05, 0.1) is 0 Å². The number of hydrogen-bond donors (Lipinski definition) is 1. The third kappa shape index (κ3) is 4.95. The fourth-order valence-electron chi connectivity index (χ4n) is 1.55. The van der Waals surface area contributed by atoms with Gasteiger partial charge in [-0.25, -0.2) is 0 Å². The highest BCUT2D eigenvalue weighted by atomic mass is 32.1. The van der Waals surface area contributed by atoms with Gasteiger partial charge in [-0.3, -0.25) is 0 Å². The van der Waals surface area contributed by atoms with Gasteiger partial charge in [0, 0.05) is 4.88 Å². The van der Waals surface area contributed by atoms with Crippen LogP contribution in [0.3, 0.4) is 0 Å². The van der Waals surface area contributed by atoms with Gasteiger partial charge in [0.15, 0.2) is 0 Å². The second kappa shape index (κ2) is 6.87. The fraction of sp³-hybridized carbons (Fsp3) is 0.571. The Bertz CT molecular complexity index is 336. The molecule has 0 saturated carbocycles. The van der Waals surface area contributed by atoms with Crippen molar-refractivity contribution >= 4 is 16.9 Å². The van der Waals surface area contributed by atoms with Gasteiger partial charge in [0.25, 0.3) is 0 Å². The zero-order valence-corrected chi connectivity index (χ0v) is 11.7. The summed E-state index contributed by atoms with van der Waals surface area (Å²) in [5.41, 5.74) is 2.78. The van der Waals surface area contributed by atoms with Gasteiger partial charge in [-0.1, -0.05) is 19.9 Å². The maximum absolute atomic E-state index is 3.45. The summed E-state index contributed by atoms with van der Waals surface area (Å²) in [4.78, 5) is 1.39. The smallest absolute Gasteiger partial charge is 0.00204 e. The molecule has 0 unspecified atom stereocenters. The standard InChI is InChI=1S/C14H23NS/c1-11(2)9-15-7-5-6-12(3)14-8-13(4)16-10-14/h6,8,10-11,15H,5,7,9H2,1-4H3. The maximum atomic E-state index is 3.45. The van der Waals surface area contributed by atoms with Crippen LogP contribution in [0.4, 0.5) is 0 Å². The Morgan fingerprint density at radius 3 is 2.81 bits per heavy atom. The van der Waals surface area contributed by atoms with Crippen molar-refractivity contribution in [1.29, 1.82) is 0 Å². The van der Waals surface area contributed by atoms with Gasteiger partial charge in [0.2, 0.25) is 0 Å². The normalized spacial score (nSPS) is 12.4. The number of hydrogen-bond acceptors (Lipinski definition) is 2. The minimum Gasteiger partial charge on any atom is -0.316 e. The van der Waals surface area contributed by atoms with E-state index in [9.17, 15) is 0 Å². The molecule has 0 aliphatic rings. The first-order valence-electron chi connectivity index (χ1n) is 6.02. The predicted molar refractivity (Wildman–Crippen MR) is 75.0 cm³/mol. The van der Waals surface area contributed by atoms with Crippen LogP contribution < -0.4 is 5.32 Å². The Morgan fingerprint density at radius 1 is 1.50 bits per heavy atom. The largest absolute Gasteiger partial charge is 0.316 e. The highest BCUT2D eigenvalue weighted by Crippen LogP contribution is 2.20. The van der Waals surface area contributed by atoms with Crippen molar-refractivity contribution in [1.82, 2.24) is 5.32 Å². The summed E-state index contributed by atoms with van der Waals surface area (Å²) >= 11 is 1.82. The van der Waals surface area contributed by atoms with Crippen LogP contribution in [0.15, 0.2) is 17.5 Å². The summed E-state index contributed by atoms with van der Waals surface area (Å²) in [5.74, 6) is 0.740. The van der Waals surface area contributed by atoms with E-state index in [0.29, 0.717) is 0 Å². The van der Waals surface area contributed by atoms with Gasteiger partial charge in [0.1, 0.15) is 0 Å². The topological polar surface area (TPSA) is 12.0 Å². The summed E-state index contributed by atoms with van der Waals surface area (Å²) in [6.45, 7) is 11.0. The molecule has 0 saturated heterocycles. The molecule has 90 valence electrons. The number of thiophene rings is 1. The lowest BCUT2D eigenvalue weighted by molar-refractivity contribution is 0.557. The van der Waals surface area contributed by atoms with Crippen LogP contribution in [0.1, 0.15) is 37.6 Å².